The number of hydrogen-bond donors (Lipinski definition) is 1. The number of carbonyl (C=O) groups excluding carboxylic acids is 1. The molecule has 3 heteroatoms. The number of furan rings is 1. The molecule has 1 aromatic carbocycles. The van der Waals surface area contributed by atoms with Gasteiger partial charge in [-0.2, -0.15) is 0 Å². The zero-order chi connectivity index (χ0) is 16.1. The fourth-order valence-corrected chi connectivity index (χ4v) is 6.04. The molecular formula is C21H25NO2. The number of carbonyl (C=O) groups is 1. The van der Waals surface area contributed by atoms with Crippen LogP contribution in [0, 0.1) is 23.2 Å². The summed E-state index contributed by atoms with van der Waals surface area (Å²) in [6, 6.07) is 10.2. The average molecular weight is 323 g/mol. The smallest absolute Gasteiger partial charge is 0.226 e. The van der Waals surface area contributed by atoms with Crippen LogP contribution in [0.5, 0.6) is 0 Å². The summed E-state index contributed by atoms with van der Waals surface area (Å²) in [4.78, 5) is 12.9. The number of benzene rings is 1. The maximum absolute atomic E-state index is 12.9. The van der Waals surface area contributed by atoms with Gasteiger partial charge in [-0.1, -0.05) is 18.2 Å². The highest BCUT2D eigenvalue weighted by Crippen LogP contribution is 2.60. The molecule has 0 aliphatic heterocycles. The van der Waals surface area contributed by atoms with Crippen LogP contribution in [-0.2, 0) is 11.2 Å². The summed E-state index contributed by atoms with van der Waals surface area (Å²) >= 11 is 0. The van der Waals surface area contributed by atoms with Crippen LogP contribution in [0.2, 0.25) is 0 Å². The van der Waals surface area contributed by atoms with E-state index in [1.807, 2.05) is 18.2 Å². The molecule has 0 radical (unpaired) electrons. The van der Waals surface area contributed by atoms with Crippen molar-refractivity contribution in [2.24, 2.45) is 23.2 Å². The molecule has 4 bridgehead atoms. The third kappa shape index (κ3) is 2.37. The molecule has 24 heavy (non-hydrogen) atoms. The Bertz CT molecular complexity index is 707. The van der Waals surface area contributed by atoms with Crippen LogP contribution in [-0.4, -0.2) is 12.5 Å². The largest absolute Gasteiger partial charge is 0.461 e. The molecule has 1 aromatic heterocycles. The highest BCUT2D eigenvalue weighted by atomic mass is 16.3. The Morgan fingerprint density at radius 1 is 1.08 bits per heavy atom. The fraction of sp³-hybridized carbons (Fsp3) is 0.571. The number of hydrogen-bond acceptors (Lipinski definition) is 2. The second kappa shape index (κ2) is 5.37. The van der Waals surface area contributed by atoms with Crippen molar-refractivity contribution in [2.75, 3.05) is 6.54 Å². The molecule has 4 fully saturated rings. The first-order valence-electron chi connectivity index (χ1n) is 9.46. The van der Waals surface area contributed by atoms with Crippen LogP contribution in [0.15, 0.2) is 34.7 Å². The van der Waals surface area contributed by atoms with Gasteiger partial charge >= 0.3 is 0 Å². The molecule has 2 aromatic rings. The van der Waals surface area contributed by atoms with Gasteiger partial charge < -0.3 is 9.73 Å². The molecule has 126 valence electrons. The van der Waals surface area contributed by atoms with Gasteiger partial charge in [0.2, 0.25) is 5.91 Å². The van der Waals surface area contributed by atoms with E-state index in [1.165, 1.54) is 19.3 Å². The van der Waals surface area contributed by atoms with Gasteiger partial charge in [0, 0.05) is 23.8 Å². The van der Waals surface area contributed by atoms with E-state index in [2.05, 4.69) is 17.4 Å². The van der Waals surface area contributed by atoms with Gasteiger partial charge in [0.1, 0.15) is 11.3 Å². The lowest BCUT2D eigenvalue weighted by molar-refractivity contribution is -0.146. The summed E-state index contributed by atoms with van der Waals surface area (Å²) in [5.41, 5.74) is 0.891. The quantitative estimate of drug-likeness (QED) is 0.911. The van der Waals surface area contributed by atoms with E-state index in [4.69, 9.17) is 4.42 Å². The third-order valence-electron chi connectivity index (χ3n) is 6.65. The molecule has 1 heterocycles. The number of amides is 1. The van der Waals surface area contributed by atoms with Crippen LogP contribution in [0.25, 0.3) is 11.0 Å². The summed E-state index contributed by atoms with van der Waals surface area (Å²) in [6.45, 7) is 0.681. The molecule has 0 unspecified atom stereocenters. The summed E-state index contributed by atoms with van der Waals surface area (Å²) < 4.78 is 5.85. The van der Waals surface area contributed by atoms with Crippen LogP contribution in [0.4, 0.5) is 0 Å². The van der Waals surface area contributed by atoms with Crippen molar-refractivity contribution in [2.45, 2.75) is 44.9 Å². The molecular weight excluding hydrogens is 298 g/mol. The SMILES string of the molecule is O=C(NCCc1cc2ccccc2o1)C12CC3CC(CC(C3)C1)C2. The third-order valence-corrected chi connectivity index (χ3v) is 6.65. The van der Waals surface area contributed by atoms with Gasteiger partial charge in [-0.25, -0.2) is 0 Å². The van der Waals surface area contributed by atoms with Crippen molar-refractivity contribution in [3.8, 4) is 0 Å². The van der Waals surface area contributed by atoms with Crippen molar-refractivity contribution >= 4 is 16.9 Å². The van der Waals surface area contributed by atoms with Crippen LogP contribution in [0.1, 0.15) is 44.3 Å². The summed E-state index contributed by atoms with van der Waals surface area (Å²) in [6.07, 6.45) is 8.32. The van der Waals surface area contributed by atoms with Gasteiger partial charge in [0.25, 0.3) is 0 Å². The van der Waals surface area contributed by atoms with E-state index in [9.17, 15) is 4.79 Å². The first-order valence-corrected chi connectivity index (χ1v) is 9.46. The molecule has 4 saturated carbocycles. The molecule has 0 saturated heterocycles. The molecule has 3 nitrogen and oxygen atoms in total. The van der Waals surface area contributed by atoms with Gasteiger partial charge in [-0.05, 0) is 68.4 Å². The number of para-hydroxylation sites is 1. The van der Waals surface area contributed by atoms with Gasteiger partial charge in [0.05, 0.1) is 0 Å². The zero-order valence-electron chi connectivity index (χ0n) is 14.1. The Labute approximate surface area is 142 Å². The minimum Gasteiger partial charge on any atom is -0.461 e. The summed E-state index contributed by atoms with van der Waals surface area (Å²) in [7, 11) is 0. The Balaban J connectivity index is 1.23. The lowest BCUT2D eigenvalue weighted by Gasteiger charge is -2.55. The van der Waals surface area contributed by atoms with E-state index in [-0.39, 0.29) is 5.41 Å². The van der Waals surface area contributed by atoms with Crippen molar-refractivity contribution in [1.29, 1.82) is 0 Å². The lowest BCUT2D eigenvalue weighted by atomic mass is 9.49. The van der Waals surface area contributed by atoms with Crippen molar-refractivity contribution in [1.82, 2.24) is 5.32 Å². The van der Waals surface area contributed by atoms with E-state index < -0.39 is 0 Å². The minimum absolute atomic E-state index is 0.0391. The summed E-state index contributed by atoms with van der Waals surface area (Å²) in [5, 5.41) is 4.37. The Hall–Kier alpha value is -1.77. The number of fused-ring (bicyclic) bond motifs is 1. The number of rotatable bonds is 4. The Morgan fingerprint density at radius 3 is 2.42 bits per heavy atom. The molecule has 6 rings (SSSR count). The maximum atomic E-state index is 12.9. The van der Waals surface area contributed by atoms with E-state index in [0.29, 0.717) is 12.5 Å². The van der Waals surface area contributed by atoms with Gasteiger partial charge in [0.15, 0.2) is 0 Å². The van der Waals surface area contributed by atoms with Gasteiger partial charge in [-0.15, -0.1) is 0 Å². The average Bonchev–Trinajstić information content (AvgIpc) is 2.96. The van der Waals surface area contributed by atoms with Crippen LogP contribution < -0.4 is 5.32 Å². The molecule has 1 amide bonds. The Kier molecular flexibility index (Phi) is 3.26. The molecule has 0 atom stereocenters. The van der Waals surface area contributed by atoms with Crippen molar-refractivity contribution < 1.29 is 9.21 Å². The normalized spacial score (nSPS) is 33.9. The van der Waals surface area contributed by atoms with Gasteiger partial charge in [-0.3, -0.25) is 4.79 Å². The van der Waals surface area contributed by atoms with E-state index in [0.717, 1.165) is 60.2 Å². The predicted molar refractivity (Wildman–Crippen MR) is 93.5 cm³/mol. The first kappa shape index (κ1) is 14.6. The van der Waals surface area contributed by atoms with E-state index in [1.54, 1.807) is 0 Å². The molecule has 0 spiro atoms. The second-order valence-electron chi connectivity index (χ2n) is 8.45. The molecule has 4 aliphatic rings. The topological polar surface area (TPSA) is 42.2 Å². The number of nitrogens with one attached hydrogen (secondary N) is 1. The molecule has 1 N–H and O–H groups in total. The standard InChI is InChI=1S/C21H25NO2/c23-20(21-11-14-7-15(12-21)9-16(8-14)13-21)22-6-5-18-10-17-3-1-2-4-19(17)24-18/h1-4,10,14-16H,5-9,11-13H2,(H,22,23). The Morgan fingerprint density at radius 2 is 1.75 bits per heavy atom. The van der Waals surface area contributed by atoms with E-state index >= 15 is 0 Å². The zero-order valence-corrected chi connectivity index (χ0v) is 14.1. The minimum atomic E-state index is -0.0391. The first-order chi connectivity index (χ1) is 11.7. The monoisotopic (exact) mass is 323 g/mol. The maximum Gasteiger partial charge on any atom is 0.226 e. The molecule has 4 aliphatic carbocycles. The lowest BCUT2D eigenvalue weighted by Crippen LogP contribution is -2.53. The van der Waals surface area contributed by atoms with Crippen LogP contribution >= 0.6 is 0 Å². The predicted octanol–water partition coefficient (Wildman–Crippen LogP) is 4.31. The highest BCUT2D eigenvalue weighted by Gasteiger charge is 2.54. The van der Waals surface area contributed by atoms with Crippen molar-refractivity contribution in [3.05, 3.63) is 36.1 Å². The second-order valence-corrected chi connectivity index (χ2v) is 8.45. The fourth-order valence-electron chi connectivity index (χ4n) is 6.04. The van der Waals surface area contributed by atoms with Crippen LogP contribution in [0.3, 0.4) is 0 Å². The highest BCUT2D eigenvalue weighted by molar-refractivity contribution is 5.83. The summed E-state index contributed by atoms with van der Waals surface area (Å²) in [5.74, 6) is 3.73. The van der Waals surface area contributed by atoms with Crippen molar-refractivity contribution in [3.63, 3.8) is 0 Å².